The van der Waals surface area contributed by atoms with Gasteiger partial charge in [0, 0.05) is 6.08 Å². The molecule has 0 fully saturated rings. The van der Waals surface area contributed by atoms with Gasteiger partial charge in [-0.3, -0.25) is 0 Å². The third kappa shape index (κ3) is 3.17. The maximum Gasteiger partial charge on any atom is 0.220 e. The Morgan fingerprint density at radius 1 is 1.14 bits per heavy atom. The number of oxazole rings is 1. The Bertz CT molecular complexity index is 812. The summed E-state index contributed by atoms with van der Waals surface area (Å²) in [6.45, 7) is 1.75. The van der Waals surface area contributed by atoms with Crippen LogP contribution in [0.5, 0.6) is 0 Å². The molecule has 104 valence electrons. The minimum Gasteiger partial charge on any atom is -0.437 e. The van der Waals surface area contributed by atoms with Gasteiger partial charge in [0.25, 0.3) is 0 Å². The average Bonchev–Trinajstić information content (AvgIpc) is 2.88. The highest BCUT2D eigenvalue weighted by Gasteiger charge is 2.04. The van der Waals surface area contributed by atoms with Crippen LogP contribution < -0.4 is 5.73 Å². The first-order valence-corrected chi connectivity index (χ1v) is 6.65. The zero-order chi connectivity index (χ0) is 14.7. The van der Waals surface area contributed by atoms with Crippen molar-refractivity contribution >= 4 is 34.8 Å². The fourth-order valence-corrected chi connectivity index (χ4v) is 2.01. The van der Waals surface area contributed by atoms with Crippen LogP contribution in [0.4, 0.5) is 5.69 Å². The predicted molar refractivity (Wildman–Crippen MR) is 86.3 cm³/mol. The molecule has 1 aromatic heterocycles. The molecule has 21 heavy (non-hydrogen) atoms. The largest absolute Gasteiger partial charge is 0.437 e. The first kappa shape index (κ1) is 13.1. The van der Waals surface area contributed by atoms with E-state index in [1.165, 1.54) is 0 Å². The monoisotopic (exact) mass is 277 g/mol. The number of hydrogen-bond acceptors (Lipinski definition) is 3. The van der Waals surface area contributed by atoms with E-state index in [-0.39, 0.29) is 0 Å². The number of rotatable bonds is 3. The molecule has 0 saturated carbocycles. The minimum atomic E-state index is 0.516. The number of aliphatic imine (C=N–C) groups is 1. The van der Waals surface area contributed by atoms with Crippen molar-refractivity contribution in [3.63, 3.8) is 0 Å². The van der Waals surface area contributed by atoms with Gasteiger partial charge in [-0.05, 0) is 36.8 Å². The lowest BCUT2D eigenvalue weighted by molar-refractivity contribution is 0.590. The van der Waals surface area contributed by atoms with Crippen molar-refractivity contribution in [3.05, 3.63) is 60.0 Å². The molecule has 1 heterocycles. The van der Waals surface area contributed by atoms with E-state index in [1.54, 1.807) is 6.92 Å². The van der Waals surface area contributed by atoms with Crippen molar-refractivity contribution in [2.75, 3.05) is 0 Å². The lowest BCUT2D eigenvalue weighted by Gasteiger charge is -1.93. The summed E-state index contributed by atoms with van der Waals surface area (Å²) in [5.74, 6) is 1.08. The molecule has 4 heteroatoms. The lowest BCUT2D eigenvalue weighted by atomic mass is 10.2. The Balaban J connectivity index is 1.91. The molecule has 0 unspecified atom stereocenters. The zero-order valence-corrected chi connectivity index (χ0v) is 11.7. The Morgan fingerprint density at radius 3 is 2.71 bits per heavy atom. The summed E-state index contributed by atoms with van der Waals surface area (Å²) in [7, 11) is 0. The van der Waals surface area contributed by atoms with E-state index < -0.39 is 0 Å². The smallest absolute Gasteiger partial charge is 0.220 e. The molecule has 0 radical (unpaired) electrons. The van der Waals surface area contributed by atoms with E-state index in [0.717, 1.165) is 22.4 Å². The van der Waals surface area contributed by atoms with Crippen molar-refractivity contribution < 1.29 is 4.42 Å². The highest BCUT2D eigenvalue weighted by molar-refractivity contribution is 5.84. The Hall–Kier alpha value is -2.88. The fourth-order valence-electron chi connectivity index (χ4n) is 2.01. The van der Waals surface area contributed by atoms with E-state index in [0.29, 0.717) is 11.7 Å². The van der Waals surface area contributed by atoms with Crippen LogP contribution >= 0.6 is 0 Å². The summed E-state index contributed by atoms with van der Waals surface area (Å²) in [6, 6.07) is 15.6. The van der Waals surface area contributed by atoms with E-state index in [1.807, 2.05) is 60.7 Å². The molecule has 2 aromatic carbocycles. The topological polar surface area (TPSA) is 64.4 Å². The Kier molecular flexibility index (Phi) is 3.51. The molecular weight excluding hydrogens is 262 g/mol. The van der Waals surface area contributed by atoms with E-state index in [2.05, 4.69) is 9.98 Å². The standard InChI is InChI=1S/C17H15N3O/c1-12(18)19-14-8-9-16-15(11-14)20-17(21-16)10-7-13-5-3-2-4-6-13/h2-11H,1H3,(H2,18,19)/b10-7+. The lowest BCUT2D eigenvalue weighted by Crippen LogP contribution is -2.03. The van der Waals surface area contributed by atoms with Gasteiger partial charge in [0.2, 0.25) is 5.89 Å². The van der Waals surface area contributed by atoms with Crippen LogP contribution in [0.2, 0.25) is 0 Å². The summed E-state index contributed by atoms with van der Waals surface area (Å²) < 4.78 is 5.67. The van der Waals surface area contributed by atoms with Gasteiger partial charge in [-0.25, -0.2) is 9.98 Å². The van der Waals surface area contributed by atoms with Gasteiger partial charge in [-0.1, -0.05) is 30.3 Å². The van der Waals surface area contributed by atoms with E-state index >= 15 is 0 Å². The third-order valence-electron chi connectivity index (χ3n) is 2.91. The van der Waals surface area contributed by atoms with Crippen molar-refractivity contribution in [2.24, 2.45) is 10.7 Å². The normalized spacial score (nSPS) is 12.3. The predicted octanol–water partition coefficient (Wildman–Crippen LogP) is 4.01. The molecule has 0 saturated heterocycles. The van der Waals surface area contributed by atoms with Crippen molar-refractivity contribution in [2.45, 2.75) is 6.92 Å². The van der Waals surface area contributed by atoms with Gasteiger partial charge in [-0.15, -0.1) is 0 Å². The molecule has 0 aliphatic heterocycles. The number of benzene rings is 2. The molecule has 0 bridgehead atoms. The number of nitrogens with zero attached hydrogens (tertiary/aromatic N) is 2. The summed E-state index contributed by atoms with van der Waals surface area (Å²) in [6.07, 6.45) is 3.82. The third-order valence-corrected chi connectivity index (χ3v) is 2.91. The molecule has 4 nitrogen and oxygen atoms in total. The number of aromatic nitrogens is 1. The summed E-state index contributed by atoms with van der Waals surface area (Å²) >= 11 is 0. The van der Waals surface area contributed by atoms with Gasteiger partial charge in [0.1, 0.15) is 5.52 Å². The SMILES string of the molecule is CC(N)=Nc1ccc2oc(/C=C/c3ccccc3)nc2c1. The van der Waals surface area contributed by atoms with Gasteiger partial charge in [0.05, 0.1) is 11.5 Å². The number of fused-ring (bicyclic) bond motifs is 1. The second-order valence-corrected chi connectivity index (χ2v) is 4.70. The molecule has 0 aliphatic carbocycles. The summed E-state index contributed by atoms with van der Waals surface area (Å²) in [5.41, 5.74) is 8.96. The highest BCUT2D eigenvalue weighted by atomic mass is 16.3. The molecule has 0 spiro atoms. The Labute approximate surface area is 122 Å². The quantitative estimate of drug-likeness (QED) is 0.581. The minimum absolute atomic E-state index is 0.516. The first-order chi connectivity index (χ1) is 10.2. The average molecular weight is 277 g/mol. The van der Waals surface area contributed by atoms with Gasteiger partial charge in [0.15, 0.2) is 5.58 Å². The fraction of sp³-hybridized carbons (Fsp3) is 0.0588. The molecule has 2 N–H and O–H groups in total. The first-order valence-electron chi connectivity index (χ1n) is 6.65. The molecule has 3 aromatic rings. The van der Waals surface area contributed by atoms with Crippen LogP contribution in [-0.4, -0.2) is 10.8 Å². The van der Waals surface area contributed by atoms with Gasteiger partial charge < -0.3 is 10.2 Å². The van der Waals surface area contributed by atoms with E-state index in [9.17, 15) is 0 Å². The second kappa shape index (κ2) is 5.63. The Morgan fingerprint density at radius 2 is 1.95 bits per heavy atom. The van der Waals surface area contributed by atoms with Crippen LogP contribution in [0.15, 0.2) is 57.9 Å². The van der Waals surface area contributed by atoms with Gasteiger partial charge in [-0.2, -0.15) is 0 Å². The van der Waals surface area contributed by atoms with Crippen LogP contribution in [0.25, 0.3) is 23.3 Å². The van der Waals surface area contributed by atoms with Crippen LogP contribution in [0.3, 0.4) is 0 Å². The van der Waals surface area contributed by atoms with Crippen LogP contribution in [0, 0.1) is 0 Å². The summed E-state index contributed by atoms with van der Waals surface area (Å²) in [4.78, 5) is 8.64. The van der Waals surface area contributed by atoms with Crippen LogP contribution in [0.1, 0.15) is 18.4 Å². The van der Waals surface area contributed by atoms with Gasteiger partial charge >= 0.3 is 0 Å². The van der Waals surface area contributed by atoms with Crippen molar-refractivity contribution in [3.8, 4) is 0 Å². The van der Waals surface area contributed by atoms with Crippen LogP contribution in [-0.2, 0) is 0 Å². The molecule has 3 rings (SSSR count). The molecule has 0 atom stereocenters. The number of hydrogen-bond donors (Lipinski definition) is 1. The number of nitrogens with two attached hydrogens (primary N) is 1. The van der Waals surface area contributed by atoms with E-state index in [4.69, 9.17) is 10.2 Å². The second-order valence-electron chi connectivity index (χ2n) is 4.70. The number of amidine groups is 1. The van der Waals surface area contributed by atoms with Crippen molar-refractivity contribution in [1.82, 2.24) is 4.98 Å². The maximum atomic E-state index is 5.67. The zero-order valence-electron chi connectivity index (χ0n) is 11.7. The molecule has 0 amide bonds. The summed E-state index contributed by atoms with van der Waals surface area (Å²) in [5, 5.41) is 0. The molecule has 0 aliphatic rings. The van der Waals surface area contributed by atoms with Crippen molar-refractivity contribution in [1.29, 1.82) is 0 Å². The highest BCUT2D eigenvalue weighted by Crippen LogP contribution is 2.22. The maximum absolute atomic E-state index is 5.67. The molecular formula is C17H15N3O.